The summed E-state index contributed by atoms with van der Waals surface area (Å²) in [6.45, 7) is 6.22. The molecule has 0 unspecified atom stereocenters. The minimum Gasteiger partial charge on any atom is -0.490 e. The fourth-order valence-corrected chi connectivity index (χ4v) is 2.63. The molecule has 23 heavy (non-hydrogen) atoms. The van der Waals surface area contributed by atoms with Crippen LogP contribution in [0.2, 0.25) is 0 Å². The van der Waals surface area contributed by atoms with E-state index in [1.165, 1.54) is 0 Å². The largest absolute Gasteiger partial charge is 0.490 e. The lowest BCUT2D eigenvalue weighted by molar-refractivity contribution is -0.136. The Balaban J connectivity index is 1.81. The van der Waals surface area contributed by atoms with Crippen molar-refractivity contribution in [2.24, 2.45) is 5.92 Å². The maximum Gasteiger partial charge on any atom is 0.313 e. The Hall–Kier alpha value is -2.30. The Labute approximate surface area is 137 Å². The zero-order valence-electron chi connectivity index (χ0n) is 13.5. The molecule has 0 heterocycles. The highest BCUT2D eigenvalue weighted by molar-refractivity contribution is 6.39. The molecule has 2 rings (SSSR count). The lowest BCUT2D eigenvalue weighted by atomic mass is 9.87. The number of carbonyl (C=O) groups excluding carboxylic acids is 2. The van der Waals surface area contributed by atoms with Gasteiger partial charge in [-0.05, 0) is 55.9 Å². The molecule has 0 bridgehead atoms. The zero-order chi connectivity index (χ0) is 16.7. The summed E-state index contributed by atoms with van der Waals surface area (Å²) in [6.07, 6.45) is 5.73. The molecule has 2 amide bonds. The third-order valence-corrected chi connectivity index (χ3v) is 4.04. The van der Waals surface area contributed by atoms with Gasteiger partial charge in [0.1, 0.15) is 12.4 Å². The first kappa shape index (κ1) is 17.1. The normalized spacial score (nSPS) is 20.4. The predicted molar refractivity (Wildman–Crippen MR) is 90.3 cm³/mol. The van der Waals surface area contributed by atoms with Gasteiger partial charge in [0.2, 0.25) is 0 Å². The smallest absolute Gasteiger partial charge is 0.313 e. The van der Waals surface area contributed by atoms with Gasteiger partial charge in [-0.15, -0.1) is 0 Å². The van der Waals surface area contributed by atoms with Crippen molar-refractivity contribution in [2.75, 3.05) is 11.9 Å². The molecular formula is C18H24N2O3. The second kappa shape index (κ2) is 8.36. The van der Waals surface area contributed by atoms with E-state index in [9.17, 15) is 9.59 Å². The van der Waals surface area contributed by atoms with E-state index < -0.39 is 11.8 Å². The van der Waals surface area contributed by atoms with Crippen LogP contribution in [-0.2, 0) is 9.59 Å². The van der Waals surface area contributed by atoms with Gasteiger partial charge in [0.05, 0.1) is 0 Å². The van der Waals surface area contributed by atoms with Crippen LogP contribution in [0.4, 0.5) is 5.69 Å². The number of benzene rings is 1. The summed E-state index contributed by atoms with van der Waals surface area (Å²) >= 11 is 0. The van der Waals surface area contributed by atoms with E-state index in [2.05, 4.69) is 24.1 Å². The van der Waals surface area contributed by atoms with E-state index in [1.54, 1.807) is 30.3 Å². The molecule has 5 heteroatoms. The summed E-state index contributed by atoms with van der Waals surface area (Å²) in [6, 6.07) is 6.98. The molecule has 1 aromatic rings. The molecule has 1 fully saturated rings. The molecule has 124 valence electrons. The molecule has 0 radical (unpaired) electrons. The minimum atomic E-state index is -0.636. The molecule has 0 atom stereocenters. The van der Waals surface area contributed by atoms with Gasteiger partial charge < -0.3 is 15.4 Å². The van der Waals surface area contributed by atoms with E-state index in [0.29, 0.717) is 24.0 Å². The molecule has 0 aromatic heterocycles. The van der Waals surface area contributed by atoms with Crippen molar-refractivity contribution in [2.45, 2.75) is 38.6 Å². The summed E-state index contributed by atoms with van der Waals surface area (Å²) in [5.74, 6) is 0.183. The van der Waals surface area contributed by atoms with Gasteiger partial charge in [-0.1, -0.05) is 19.6 Å². The molecule has 0 saturated heterocycles. The number of anilines is 1. The second-order valence-corrected chi connectivity index (χ2v) is 6.01. The molecule has 2 N–H and O–H groups in total. The van der Waals surface area contributed by atoms with Crippen molar-refractivity contribution in [3.63, 3.8) is 0 Å². The lowest BCUT2D eigenvalue weighted by Crippen LogP contribution is -2.43. The summed E-state index contributed by atoms with van der Waals surface area (Å²) in [7, 11) is 0. The van der Waals surface area contributed by atoms with Crippen LogP contribution in [0.15, 0.2) is 36.9 Å². The van der Waals surface area contributed by atoms with Gasteiger partial charge in [-0.3, -0.25) is 9.59 Å². The number of amides is 2. The molecule has 1 aromatic carbocycles. The first-order valence-corrected chi connectivity index (χ1v) is 8.04. The first-order valence-electron chi connectivity index (χ1n) is 8.04. The molecule has 0 spiro atoms. The molecule has 1 aliphatic carbocycles. The quantitative estimate of drug-likeness (QED) is 0.648. The lowest BCUT2D eigenvalue weighted by Gasteiger charge is -2.26. The van der Waals surface area contributed by atoms with E-state index in [1.807, 2.05) is 0 Å². The Morgan fingerprint density at radius 1 is 1.17 bits per heavy atom. The average Bonchev–Trinajstić information content (AvgIpc) is 2.56. The van der Waals surface area contributed by atoms with Crippen LogP contribution in [0.5, 0.6) is 5.75 Å². The van der Waals surface area contributed by atoms with Gasteiger partial charge in [0.15, 0.2) is 0 Å². The summed E-state index contributed by atoms with van der Waals surface area (Å²) in [5.41, 5.74) is 0.563. The van der Waals surface area contributed by atoms with Crippen LogP contribution in [0.3, 0.4) is 0 Å². The molecule has 0 aliphatic heterocycles. The van der Waals surface area contributed by atoms with Crippen molar-refractivity contribution < 1.29 is 14.3 Å². The average molecular weight is 316 g/mol. The number of hydrogen-bond donors (Lipinski definition) is 2. The van der Waals surface area contributed by atoms with Crippen molar-refractivity contribution >= 4 is 17.5 Å². The van der Waals surface area contributed by atoms with Crippen LogP contribution in [-0.4, -0.2) is 24.5 Å². The summed E-state index contributed by atoms with van der Waals surface area (Å²) < 4.78 is 5.36. The highest BCUT2D eigenvalue weighted by Gasteiger charge is 2.22. The number of ether oxygens (including phenoxy) is 1. The zero-order valence-corrected chi connectivity index (χ0v) is 13.5. The molecule has 1 aliphatic rings. The minimum absolute atomic E-state index is 0.110. The van der Waals surface area contributed by atoms with Crippen LogP contribution in [0.1, 0.15) is 32.6 Å². The SMILES string of the molecule is C=CCOc1ccc(NC(=O)C(=O)NC2CCC(C)CC2)cc1. The Bertz CT molecular complexity index is 546. The van der Waals surface area contributed by atoms with E-state index in [0.717, 1.165) is 25.7 Å². The second-order valence-electron chi connectivity index (χ2n) is 6.01. The monoisotopic (exact) mass is 316 g/mol. The molecule has 1 saturated carbocycles. The number of rotatable bonds is 5. The topological polar surface area (TPSA) is 67.4 Å². The van der Waals surface area contributed by atoms with Crippen molar-refractivity contribution in [1.82, 2.24) is 5.32 Å². The number of hydrogen-bond acceptors (Lipinski definition) is 3. The summed E-state index contributed by atoms with van der Waals surface area (Å²) in [4.78, 5) is 23.9. The number of nitrogens with one attached hydrogen (secondary N) is 2. The predicted octanol–water partition coefficient (Wildman–Crippen LogP) is 2.88. The Morgan fingerprint density at radius 2 is 1.83 bits per heavy atom. The highest BCUT2D eigenvalue weighted by atomic mass is 16.5. The summed E-state index contributed by atoms with van der Waals surface area (Å²) in [5, 5.41) is 5.41. The Morgan fingerprint density at radius 3 is 2.43 bits per heavy atom. The van der Waals surface area contributed by atoms with Crippen molar-refractivity contribution in [3.8, 4) is 5.75 Å². The fraction of sp³-hybridized carbons (Fsp3) is 0.444. The van der Waals surface area contributed by atoms with Crippen molar-refractivity contribution in [3.05, 3.63) is 36.9 Å². The van der Waals surface area contributed by atoms with Crippen LogP contribution in [0, 0.1) is 5.92 Å². The maximum absolute atomic E-state index is 11.9. The van der Waals surface area contributed by atoms with E-state index in [4.69, 9.17) is 4.74 Å². The fourth-order valence-electron chi connectivity index (χ4n) is 2.63. The molecule has 5 nitrogen and oxygen atoms in total. The third kappa shape index (κ3) is 5.43. The standard InChI is InChI=1S/C18H24N2O3/c1-3-12-23-16-10-8-15(9-11-16)20-18(22)17(21)19-14-6-4-13(2)5-7-14/h3,8-11,13-14H,1,4-7,12H2,2H3,(H,19,21)(H,20,22). The van der Waals surface area contributed by atoms with E-state index >= 15 is 0 Å². The van der Waals surface area contributed by atoms with Crippen molar-refractivity contribution in [1.29, 1.82) is 0 Å². The first-order chi connectivity index (χ1) is 11.1. The van der Waals surface area contributed by atoms with Crippen LogP contribution >= 0.6 is 0 Å². The van der Waals surface area contributed by atoms with Crippen LogP contribution in [0.25, 0.3) is 0 Å². The van der Waals surface area contributed by atoms with Gasteiger partial charge in [-0.25, -0.2) is 0 Å². The Kier molecular flexibility index (Phi) is 6.20. The van der Waals surface area contributed by atoms with E-state index in [-0.39, 0.29) is 6.04 Å². The van der Waals surface area contributed by atoms with Crippen LogP contribution < -0.4 is 15.4 Å². The highest BCUT2D eigenvalue weighted by Crippen LogP contribution is 2.23. The van der Waals surface area contributed by atoms with Gasteiger partial charge in [0.25, 0.3) is 0 Å². The van der Waals surface area contributed by atoms with Gasteiger partial charge in [-0.2, -0.15) is 0 Å². The molecular weight excluding hydrogens is 292 g/mol. The number of carbonyl (C=O) groups is 2. The van der Waals surface area contributed by atoms with Gasteiger partial charge in [0, 0.05) is 11.7 Å². The van der Waals surface area contributed by atoms with Gasteiger partial charge >= 0.3 is 11.8 Å². The third-order valence-electron chi connectivity index (χ3n) is 4.04. The maximum atomic E-state index is 11.9.